The number of nitrogens with one attached hydrogen (secondary N) is 2. The molecule has 2 aromatic heterocycles. The van der Waals surface area contributed by atoms with Gasteiger partial charge in [0.25, 0.3) is 5.91 Å². The van der Waals surface area contributed by atoms with E-state index in [1.165, 1.54) is 18.0 Å². The van der Waals surface area contributed by atoms with Gasteiger partial charge < -0.3 is 20.5 Å². The number of ether oxygens (including phenoxy) is 1. The molecule has 0 bridgehead atoms. The van der Waals surface area contributed by atoms with Crippen molar-refractivity contribution in [1.82, 2.24) is 15.3 Å². The Bertz CT molecular complexity index is 1030. The molecule has 1 atom stereocenters. The Kier molecular flexibility index (Phi) is 8.39. The van der Waals surface area contributed by atoms with Crippen molar-refractivity contribution in [3.8, 4) is 0 Å². The second kappa shape index (κ2) is 11.5. The van der Waals surface area contributed by atoms with Gasteiger partial charge >= 0.3 is 5.97 Å². The third kappa shape index (κ3) is 6.25. The normalized spacial score (nSPS) is 19.9. The van der Waals surface area contributed by atoms with Gasteiger partial charge in [-0.2, -0.15) is 0 Å². The van der Waals surface area contributed by atoms with Gasteiger partial charge in [0.2, 0.25) is 0 Å². The molecule has 2 aliphatic rings. The van der Waals surface area contributed by atoms with E-state index in [2.05, 4.69) is 43.7 Å². The van der Waals surface area contributed by atoms with Crippen LogP contribution in [-0.4, -0.2) is 52.2 Å². The van der Waals surface area contributed by atoms with Gasteiger partial charge in [0.15, 0.2) is 0 Å². The summed E-state index contributed by atoms with van der Waals surface area (Å²) in [5.74, 6) is -0.0488. The van der Waals surface area contributed by atoms with Crippen LogP contribution in [0.25, 0.3) is 0 Å². The standard InChI is InChI=1S/C24H28BrClN4O4/c25-18-12-27-13-19(26)21(18)23(31)30-20(24(32)33)7-9-34-17-10-14(11-17)3-5-16-6-4-15-2-1-8-28-22(15)29-16/h4,6,12-14,17,20H,1-3,5,7-11H2,(H,28,29)(H,30,31)(H,32,33)/t14-,17+,20-/m0/s1. The lowest BCUT2D eigenvalue weighted by Crippen LogP contribution is -2.42. The summed E-state index contributed by atoms with van der Waals surface area (Å²) in [4.78, 5) is 32.8. The van der Waals surface area contributed by atoms with Gasteiger partial charge in [-0.25, -0.2) is 9.78 Å². The van der Waals surface area contributed by atoms with E-state index in [9.17, 15) is 14.7 Å². The maximum Gasteiger partial charge on any atom is 0.326 e. The monoisotopic (exact) mass is 550 g/mol. The van der Waals surface area contributed by atoms with Crippen molar-refractivity contribution >= 4 is 45.2 Å². The molecular weight excluding hydrogens is 524 g/mol. The predicted molar refractivity (Wildman–Crippen MR) is 132 cm³/mol. The van der Waals surface area contributed by atoms with Crippen LogP contribution in [0, 0.1) is 5.92 Å². The molecule has 2 aromatic rings. The maximum atomic E-state index is 12.5. The molecular formula is C24H28BrClN4O4. The first kappa shape index (κ1) is 24.9. The van der Waals surface area contributed by atoms with Crippen LogP contribution in [0.2, 0.25) is 5.02 Å². The number of aryl methyl sites for hydroxylation is 2. The number of anilines is 1. The molecule has 4 rings (SSSR count). The van der Waals surface area contributed by atoms with Crippen molar-refractivity contribution < 1.29 is 19.4 Å². The minimum absolute atomic E-state index is 0.136. The first-order chi connectivity index (χ1) is 16.4. The van der Waals surface area contributed by atoms with Crippen LogP contribution in [0.1, 0.15) is 53.7 Å². The smallest absolute Gasteiger partial charge is 0.326 e. The first-order valence-electron chi connectivity index (χ1n) is 11.6. The molecule has 10 heteroatoms. The van der Waals surface area contributed by atoms with E-state index in [-0.39, 0.29) is 29.7 Å². The fraction of sp³-hybridized carbons (Fsp3) is 0.500. The van der Waals surface area contributed by atoms with E-state index in [1.54, 1.807) is 0 Å². The summed E-state index contributed by atoms with van der Waals surface area (Å²) in [6.45, 7) is 1.25. The van der Waals surface area contributed by atoms with Crippen molar-refractivity contribution in [1.29, 1.82) is 0 Å². The maximum absolute atomic E-state index is 12.5. The van der Waals surface area contributed by atoms with E-state index in [0.717, 1.165) is 56.6 Å². The van der Waals surface area contributed by atoms with Gasteiger partial charge in [0, 0.05) is 37.7 Å². The molecule has 34 heavy (non-hydrogen) atoms. The Balaban J connectivity index is 1.17. The average Bonchev–Trinajstić information content (AvgIpc) is 2.78. The number of carbonyl (C=O) groups is 2. The Morgan fingerprint density at radius 2 is 2.15 bits per heavy atom. The summed E-state index contributed by atoms with van der Waals surface area (Å²) in [5, 5.41) is 15.6. The number of amides is 1. The number of fused-ring (bicyclic) bond motifs is 1. The Morgan fingerprint density at radius 3 is 2.91 bits per heavy atom. The highest BCUT2D eigenvalue weighted by Crippen LogP contribution is 2.34. The molecule has 1 fully saturated rings. The van der Waals surface area contributed by atoms with E-state index >= 15 is 0 Å². The van der Waals surface area contributed by atoms with Gasteiger partial charge in [0.05, 0.1) is 21.2 Å². The summed E-state index contributed by atoms with van der Waals surface area (Å²) in [6.07, 6.45) is 9.29. The number of carboxylic acid groups (broad SMARTS) is 1. The quantitative estimate of drug-likeness (QED) is 0.404. The van der Waals surface area contributed by atoms with Crippen molar-refractivity contribution in [3.63, 3.8) is 0 Å². The summed E-state index contributed by atoms with van der Waals surface area (Å²) in [6, 6.07) is 3.26. The van der Waals surface area contributed by atoms with Crippen molar-refractivity contribution in [2.24, 2.45) is 5.92 Å². The van der Waals surface area contributed by atoms with E-state index in [1.807, 2.05) is 0 Å². The molecule has 8 nitrogen and oxygen atoms in total. The number of hydrogen-bond acceptors (Lipinski definition) is 6. The molecule has 0 saturated heterocycles. The number of carboxylic acids is 1. The highest BCUT2D eigenvalue weighted by molar-refractivity contribution is 9.10. The topological polar surface area (TPSA) is 113 Å². The van der Waals surface area contributed by atoms with Crippen molar-refractivity contribution in [2.45, 2.75) is 57.1 Å². The number of pyridine rings is 2. The molecule has 0 spiro atoms. The SMILES string of the molecule is O=C(N[C@@H](CCO[C@H]1C[C@@H](CCc2ccc3c(n2)NCCC3)C1)C(=O)O)c1c(Cl)cncc1Br. The van der Waals surface area contributed by atoms with E-state index < -0.39 is 17.9 Å². The third-order valence-electron chi connectivity index (χ3n) is 6.40. The molecule has 3 N–H and O–H groups in total. The molecule has 0 unspecified atom stereocenters. The summed E-state index contributed by atoms with van der Waals surface area (Å²) < 4.78 is 6.27. The van der Waals surface area contributed by atoms with Crippen LogP contribution in [0.4, 0.5) is 5.82 Å². The lowest BCUT2D eigenvalue weighted by atomic mass is 9.79. The predicted octanol–water partition coefficient (Wildman–Crippen LogP) is 4.25. The molecule has 1 aliphatic heterocycles. The largest absolute Gasteiger partial charge is 0.480 e. The second-order valence-electron chi connectivity index (χ2n) is 8.84. The lowest BCUT2D eigenvalue weighted by molar-refractivity contribution is -0.140. The highest BCUT2D eigenvalue weighted by Gasteiger charge is 2.30. The summed E-state index contributed by atoms with van der Waals surface area (Å²) >= 11 is 9.26. The van der Waals surface area contributed by atoms with Gasteiger partial charge in [0.1, 0.15) is 11.9 Å². The van der Waals surface area contributed by atoms with Gasteiger partial charge in [-0.3, -0.25) is 9.78 Å². The third-order valence-corrected chi connectivity index (χ3v) is 7.28. The number of nitrogens with zero attached hydrogens (tertiary/aromatic N) is 2. The molecule has 1 aliphatic carbocycles. The van der Waals surface area contributed by atoms with Crippen LogP contribution in [0.15, 0.2) is 29.0 Å². The van der Waals surface area contributed by atoms with Crippen LogP contribution >= 0.6 is 27.5 Å². The Hall–Kier alpha value is -2.23. The zero-order chi connectivity index (χ0) is 24.1. The molecule has 0 aromatic carbocycles. The van der Waals surface area contributed by atoms with Crippen LogP contribution in [-0.2, 0) is 22.4 Å². The molecule has 3 heterocycles. The number of carbonyl (C=O) groups excluding carboxylic acids is 1. The minimum Gasteiger partial charge on any atom is -0.480 e. The van der Waals surface area contributed by atoms with Crippen LogP contribution in [0.3, 0.4) is 0 Å². The van der Waals surface area contributed by atoms with Crippen molar-refractivity contribution in [3.05, 3.63) is 50.8 Å². The zero-order valence-electron chi connectivity index (χ0n) is 18.7. The van der Waals surface area contributed by atoms with Crippen molar-refractivity contribution in [2.75, 3.05) is 18.5 Å². The second-order valence-corrected chi connectivity index (χ2v) is 10.1. The Morgan fingerprint density at radius 1 is 1.32 bits per heavy atom. The molecule has 0 radical (unpaired) electrons. The number of halogens is 2. The number of hydrogen-bond donors (Lipinski definition) is 3. The fourth-order valence-electron chi connectivity index (χ4n) is 4.37. The Labute approximate surface area is 212 Å². The first-order valence-corrected chi connectivity index (χ1v) is 12.7. The van der Waals surface area contributed by atoms with Gasteiger partial charge in [-0.15, -0.1) is 0 Å². The van der Waals surface area contributed by atoms with Crippen LogP contribution < -0.4 is 10.6 Å². The summed E-state index contributed by atoms with van der Waals surface area (Å²) in [5.41, 5.74) is 2.59. The van der Waals surface area contributed by atoms with Gasteiger partial charge in [-0.1, -0.05) is 17.7 Å². The summed E-state index contributed by atoms with van der Waals surface area (Å²) in [7, 11) is 0. The fourth-order valence-corrected chi connectivity index (χ4v) is 5.24. The highest BCUT2D eigenvalue weighted by atomic mass is 79.9. The molecule has 1 amide bonds. The number of aromatic nitrogens is 2. The molecule has 182 valence electrons. The minimum atomic E-state index is -1.11. The van der Waals surface area contributed by atoms with Crippen LogP contribution in [0.5, 0.6) is 0 Å². The molecule has 1 saturated carbocycles. The number of rotatable bonds is 10. The number of aliphatic carboxylic acids is 1. The van der Waals surface area contributed by atoms with E-state index in [0.29, 0.717) is 10.4 Å². The average molecular weight is 552 g/mol. The van der Waals surface area contributed by atoms with Gasteiger partial charge in [-0.05, 0) is 72.0 Å². The zero-order valence-corrected chi connectivity index (χ0v) is 21.1. The van der Waals surface area contributed by atoms with E-state index in [4.69, 9.17) is 21.3 Å². The lowest BCUT2D eigenvalue weighted by Gasteiger charge is -2.35.